The van der Waals surface area contributed by atoms with E-state index < -0.39 is 0 Å². The molecule has 0 radical (unpaired) electrons. The van der Waals surface area contributed by atoms with E-state index in [0.29, 0.717) is 6.04 Å². The van der Waals surface area contributed by atoms with Crippen molar-refractivity contribution in [3.8, 4) is 0 Å². The highest BCUT2D eigenvalue weighted by Gasteiger charge is 2.23. The Hall–Kier alpha value is -1.16. The van der Waals surface area contributed by atoms with E-state index >= 15 is 0 Å². The van der Waals surface area contributed by atoms with Crippen LogP contribution in [0.3, 0.4) is 0 Å². The molecule has 7 heteroatoms. The predicted octanol–water partition coefficient (Wildman–Crippen LogP) is 3.46. The number of hydrogen-bond acceptors (Lipinski definition) is 4. The van der Waals surface area contributed by atoms with Gasteiger partial charge in [-0.15, -0.1) is 35.3 Å². The standard InChI is InChI=1S/C21H30N4OS.HI/c1-17-5-3-6-18(15-17)20(25-10-12-26-13-11-25)16-24-21(22-2)23-9-8-19-7-4-14-27-19;/h3-7,14-15,20H,8-13,16H2,1-2H3,(H2,22,23,24);1H. The van der Waals surface area contributed by atoms with Gasteiger partial charge in [0.2, 0.25) is 0 Å². The first-order valence-corrected chi connectivity index (χ1v) is 10.5. The highest BCUT2D eigenvalue weighted by atomic mass is 127. The van der Waals surface area contributed by atoms with Gasteiger partial charge in [0.05, 0.1) is 19.3 Å². The molecule has 1 fully saturated rings. The Kier molecular flexibility index (Phi) is 10.3. The molecule has 1 aliphatic rings. The number of nitrogens with zero attached hydrogens (tertiary/aromatic N) is 2. The minimum absolute atomic E-state index is 0. The number of rotatable bonds is 7. The normalized spacial score (nSPS) is 16.3. The number of aryl methyl sites for hydroxylation is 1. The minimum atomic E-state index is 0. The van der Waals surface area contributed by atoms with Gasteiger partial charge in [0.15, 0.2) is 5.96 Å². The summed E-state index contributed by atoms with van der Waals surface area (Å²) >= 11 is 1.80. The van der Waals surface area contributed by atoms with Crippen molar-refractivity contribution in [2.24, 2.45) is 4.99 Å². The first-order valence-electron chi connectivity index (χ1n) is 9.61. The third kappa shape index (κ3) is 7.02. The van der Waals surface area contributed by atoms with Crippen LogP contribution in [0.15, 0.2) is 46.8 Å². The van der Waals surface area contributed by atoms with Crippen molar-refractivity contribution in [1.29, 1.82) is 0 Å². The summed E-state index contributed by atoms with van der Waals surface area (Å²) in [5, 5.41) is 9.08. The van der Waals surface area contributed by atoms with Crippen molar-refractivity contribution in [3.63, 3.8) is 0 Å². The minimum Gasteiger partial charge on any atom is -0.379 e. The smallest absolute Gasteiger partial charge is 0.191 e. The Morgan fingerprint density at radius 3 is 2.71 bits per heavy atom. The van der Waals surface area contributed by atoms with Gasteiger partial charge >= 0.3 is 0 Å². The van der Waals surface area contributed by atoms with Crippen LogP contribution >= 0.6 is 35.3 Å². The molecule has 0 amide bonds. The van der Waals surface area contributed by atoms with Crippen LogP contribution < -0.4 is 10.6 Å². The van der Waals surface area contributed by atoms with Crippen molar-refractivity contribution in [3.05, 3.63) is 57.8 Å². The monoisotopic (exact) mass is 514 g/mol. The summed E-state index contributed by atoms with van der Waals surface area (Å²) in [4.78, 5) is 8.29. The van der Waals surface area contributed by atoms with E-state index in [-0.39, 0.29) is 24.0 Å². The zero-order chi connectivity index (χ0) is 18.9. The van der Waals surface area contributed by atoms with E-state index in [0.717, 1.165) is 51.8 Å². The number of hydrogen-bond donors (Lipinski definition) is 2. The Labute approximate surface area is 189 Å². The molecular weight excluding hydrogens is 483 g/mol. The average Bonchev–Trinajstić information content (AvgIpc) is 3.21. The Balaban J connectivity index is 0.00000280. The highest BCUT2D eigenvalue weighted by Crippen LogP contribution is 2.22. The van der Waals surface area contributed by atoms with E-state index in [2.05, 4.69) is 69.2 Å². The van der Waals surface area contributed by atoms with Gasteiger partial charge in [0.25, 0.3) is 0 Å². The first kappa shape index (κ1) is 23.1. The molecule has 0 aliphatic carbocycles. The molecule has 154 valence electrons. The van der Waals surface area contributed by atoms with Gasteiger partial charge in [0, 0.05) is 38.1 Å². The summed E-state index contributed by atoms with van der Waals surface area (Å²) in [6.07, 6.45) is 1.02. The molecule has 5 nitrogen and oxygen atoms in total. The molecule has 1 unspecified atom stereocenters. The number of nitrogens with one attached hydrogen (secondary N) is 2. The van der Waals surface area contributed by atoms with Gasteiger partial charge in [-0.2, -0.15) is 0 Å². The molecule has 2 N–H and O–H groups in total. The van der Waals surface area contributed by atoms with Crippen LogP contribution in [0.4, 0.5) is 0 Å². The maximum absolute atomic E-state index is 5.55. The van der Waals surface area contributed by atoms with Crippen LogP contribution in [-0.4, -0.2) is 57.3 Å². The van der Waals surface area contributed by atoms with E-state index in [1.165, 1.54) is 16.0 Å². The number of benzene rings is 1. The summed E-state index contributed by atoms with van der Waals surface area (Å²) < 4.78 is 5.55. The zero-order valence-electron chi connectivity index (χ0n) is 16.7. The van der Waals surface area contributed by atoms with Gasteiger partial charge in [0.1, 0.15) is 0 Å². The number of aliphatic imine (C=N–C) groups is 1. The number of morpholine rings is 1. The Bertz CT molecular complexity index is 717. The van der Waals surface area contributed by atoms with Crippen molar-refractivity contribution < 1.29 is 4.74 Å². The maximum atomic E-state index is 5.55. The lowest BCUT2D eigenvalue weighted by atomic mass is 10.0. The fourth-order valence-electron chi connectivity index (χ4n) is 3.40. The fraction of sp³-hybridized carbons (Fsp3) is 0.476. The van der Waals surface area contributed by atoms with Crippen molar-refractivity contribution in [2.45, 2.75) is 19.4 Å². The van der Waals surface area contributed by atoms with Crippen LogP contribution in [0, 0.1) is 6.92 Å². The van der Waals surface area contributed by atoms with Crippen LogP contribution in [0.1, 0.15) is 22.0 Å². The lowest BCUT2D eigenvalue weighted by molar-refractivity contribution is 0.0170. The summed E-state index contributed by atoms with van der Waals surface area (Å²) in [7, 11) is 1.83. The van der Waals surface area contributed by atoms with Gasteiger partial charge in [-0.3, -0.25) is 9.89 Å². The zero-order valence-corrected chi connectivity index (χ0v) is 19.8. The quantitative estimate of drug-likeness (QED) is 0.338. The number of thiophene rings is 1. The van der Waals surface area contributed by atoms with Crippen LogP contribution in [0.25, 0.3) is 0 Å². The molecule has 0 saturated carbocycles. The van der Waals surface area contributed by atoms with Gasteiger partial charge < -0.3 is 15.4 Å². The molecule has 28 heavy (non-hydrogen) atoms. The van der Waals surface area contributed by atoms with Crippen molar-refractivity contribution in [2.75, 3.05) is 46.4 Å². The van der Waals surface area contributed by atoms with Gasteiger partial charge in [-0.25, -0.2) is 0 Å². The summed E-state index contributed by atoms with van der Waals surface area (Å²) in [5.74, 6) is 0.859. The second-order valence-corrected chi connectivity index (χ2v) is 7.82. The van der Waals surface area contributed by atoms with Crippen molar-refractivity contribution >= 4 is 41.3 Å². The Morgan fingerprint density at radius 2 is 2.04 bits per heavy atom. The Morgan fingerprint density at radius 1 is 1.21 bits per heavy atom. The van der Waals surface area contributed by atoms with Crippen LogP contribution in [0.2, 0.25) is 0 Å². The number of guanidine groups is 1. The third-order valence-electron chi connectivity index (χ3n) is 4.84. The molecule has 0 bridgehead atoms. The molecule has 0 spiro atoms. The van der Waals surface area contributed by atoms with Gasteiger partial charge in [-0.1, -0.05) is 35.9 Å². The largest absolute Gasteiger partial charge is 0.379 e. The molecule has 2 aromatic rings. The summed E-state index contributed by atoms with van der Waals surface area (Å²) in [6, 6.07) is 13.4. The van der Waals surface area contributed by atoms with E-state index in [4.69, 9.17) is 4.74 Å². The number of ether oxygens (including phenoxy) is 1. The second-order valence-electron chi connectivity index (χ2n) is 6.79. The molecule has 1 aliphatic heterocycles. The average molecular weight is 514 g/mol. The predicted molar refractivity (Wildman–Crippen MR) is 129 cm³/mol. The number of halogens is 1. The first-order chi connectivity index (χ1) is 13.3. The second kappa shape index (κ2) is 12.4. The van der Waals surface area contributed by atoms with Crippen LogP contribution in [-0.2, 0) is 11.2 Å². The summed E-state index contributed by atoms with van der Waals surface area (Å²) in [6.45, 7) is 7.38. The molecule has 3 rings (SSSR count). The fourth-order valence-corrected chi connectivity index (χ4v) is 4.11. The lowest BCUT2D eigenvalue weighted by Gasteiger charge is -2.35. The van der Waals surface area contributed by atoms with Gasteiger partial charge in [-0.05, 0) is 30.4 Å². The lowest BCUT2D eigenvalue weighted by Crippen LogP contribution is -2.46. The topological polar surface area (TPSA) is 48.9 Å². The molecule has 2 heterocycles. The molecule has 1 aromatic heterocycles. The summed E-state index contributed by atoms with van der Waals surface area (Å²) in [5.41, 5.74) is 2.64. The van der Waals surface area contributed by atoms with Crippen LogP contribution in [0.5, 0.6) is 0 Å². The van der Waals surface area contributed by atoms with E-state index in [1.54, 1.807) is 11.3 Å². The van der Waals surface area contributed by atoms with Crippen molar-refractivity contribution in [1.82, 2.24) is 15.5 Å². The molecule has 1 atom stereocenters. The molecular formula is C21H31IN4OS. The highest BCUT2D eigenvalue weighted by molar-refractivity contribution is 14.0. The SMILES string of the molecule is CN=C(NCCc1cccs1)NCC(c1cccc(C)c1)N1CCOCC1.I. The molecule has 1 aromatic carbocycles. The van der Waals surface area contributed by atoms with E-state index in [1.807, 2.05) is 7.05 Å². The van der Waals surface area contributed by atoms with E-state index in [9.17, 15) is 0 Å². The third-order valence-corrected chi connectivity index (χ3v) is 5.78. The molecule has 1 saturated heterocycles. The maximum Gasteiger partial charge on any atom is 0.191 e.